The van der Waals surface area contributed by atoms with Crippen molar-refractivity contribution in [3.8, 4) is 0 Å². The first-order chi connectivity index (χ1) is 14.2. The van der Waals surface area contributed by atoms with Crippen LogP contribution in [0.25, 0.3) is 0 Å². The summed E-state index contributed by atoms with van der Waals surface area (Å²) in [4.78, 5) is 2.63. The van der Waals surface area contributed by atoms with Crippen molar-refractivity contribution < 1.29 is 0 Å². The van der Waals surface area contributed by atoms with Crippen LogP contribution in [0.4, 0.5) is 0 Å². The van der Waals surface area contributed by atoms with Gasteiger partial charge in [-0.1, -0.05) is 124 Å². The summed E-state index contributed by atoms with van der Waals surface area (Å²) in [6, 6.07) is 18.1. The fourth-order valence-corrected chi connectivity index (χ4v) is 3.94. The topological polar surface area (TPSA) is 3.24 Å². The Bertz CT molecular complexity index is 594. The maximum atomic E-state index is 2.63. The zero-order chi connectivity index (χ0) is 20.7. The Hall–Kier alpha value is -1.60. The molecule has 0 radical (unpaired) electrons. The Morgan fingerprint density at radius 2 is 0.897 bits per heavy atom. The molecule has 0 bridgehead atoms. The van der Waals surface area contributed by atoms with Gasteiger partial charge in [0.25, 0.3) is 0 Å². The molecule has 1 nitrogen and oxygen atoms in total. The quantitative estimate of drug-likeness (QED) is 0.275. The molecule has 0 unspecified atom stereocenters. The molecule has 2 rings (SSSR count). The minimum absolute atomic E-state index is 1.05. The van der Waals surface area contributed by atoms with Crippen LogP contribution in [0, 0.1) is 13.8 Å². The lowest BCUT2D eigenvalue weighted by molar-refractivity contribution is 0.250. The first-order valence-corrected chi connectivity index (χ1v) is 12.0. The third-order valence-electron chi connectivity index (χ3n) is 5.88. The average Bonchev–Trinajstić information content (AvgIpc) is 2.72. The van der Waals surface area contributed by atoms with Crippen LogP contribution in [0.1, 0.15) is 93.4 Å². The van der Waals surface area contributed by atoms with Crippen LogP contribution < -0.4 is 0 Å². The molecule has 0 N–H and O–H groups in total. The van der Waals surface area contributed by atoms with E-state index in [2.05, 4.69) is 74.2 Å². The van der Waals surface area contributed by atoms with Gasteiger partial charge >= 0.3 is 0 Å². The largest absolute Gasteiger partial charge is 0.295 e. The van der Waals surface area contributed by atoms with Gasteiger partial charge in [0, 0.05) is 13.1 Å². The Labute approximate surface area is 180 Å². The van der Waals surface area contributed by atoms with E-state index in [9.17, 15) is 0 Å². The number of hydrogen-bond acceptors (Lipinski definition) is 1. The highest BCUT2D eigenvalue weighted by Crippen LogP contribution is 2.15. The Balaban J connectivity index is 1.73. The summed E-state index contributed by atoms with van der Waals surface area (Å²) >= 11 is 0. The van der Waals surface area contributed by atoms with Crippen molar-refractivity contribution in [2.45, 2.75) is 98.1 Å². The Kier molecular flexibility index (Phi) is 11.8. The van der Waals surface area contributed by atoms with Crippen molar-refractivity contribution in [2.75, 3.05) is 6.54 Å². The summed E-state index contributed by atoms with van der Waals surface area (Å²) in [5.41, 5.74) is 5.53. The minimum atomic E-state index is 1.05. The predicted molar refractivity (Wildman–Crippen MR) is 128 cm³/mol. The number of unbranched alkanes of at least 4 members (excludes halogenated alkanes) is 9. The second-order valence-corrected chi connectivity index (χ2v) is 8.86. The number of hydrogen-bond donors (Lipinski definition) is 0. The van der Waals surface area contributed by atoms with E-state index in [-0.39, 0.29) is 0 Å². The standard InChI is InChI=1S/C28H43N/c1-4-5-6-7-8-9-10-11-12-13-22-29(23-27-18-14-25(2)15-19-27)24-28-20-16-26(3)17-21-28/h14-21H,4-13,22-24H2,1-3H3. The Morgan fingerprint density at radius 3 is 1.31 bits per heavy atom. The number of aryl methyl sites for hydroxylation is 2. The normalized spacial score (nSPS) is 11.3. The van der Waals surface area contributed by atoms with E-state index >= 15 is 0 Å². The number of nitrogens with zero attached hydrogens (tertiary/aromatic N) is 1. The Morgan fingerprint density at radius 1 is 0.517 bits per heavy atom. The summed E-state index contributed by atoms with van der Waals surface area (Å²) in [7, 11) is 0. The van der Waals surface area contributed by atoms with E-state index in [1.807, 2.05) is 0 Å². The second-order valence-electron chi connectivity index (χ2n) is 8.86. The molecule has 0 aliphatic rings. The number of benzene rings is 2. The van der Waals surface area contributed by atoms with Gasteiger partial charge in [0.15, 0.2) is 0 Å². The van der Waals surface area contributed by atoms with Gasteiger partial charge in [0.1, 0.15) is 0 Å². The fourth-order valence-electron chi connectivity index (χ4n) is 3.94. The van der Waals surface area contributed by atoms with Gasteiger partial charge in [0.05, 0.1) is 0 Å². The summed E-state index contributed by atoms with van der Waals surface area (Å²) in [5, 5.41) is 0. The van der Waals surface area contributed by atoms with E-state index in [4.69, 9.17) is 0 Å². The van der Waals surface area contributed by atoms with Crippen LogP contribution >= 0.6 is 0 Å². The van der Waals surface area contributed by atoms with Crippen LogP contribution in [-0.4, -0.2) is 11.4 Å². The average molecular weight is 394 g/mol. The first-order valence-electron chi connectivity index (χ1n) is 12.0. The van der Waals surface area contributed by atoms with Gasteiger partial charge in [-0.2, -0.15) is 0 Å². The molecule has 0 heterocycles. The van der Waals surface area contributed by atoms with Crippen LogP contribution in [0.15, 0.2) is 48.5 Å². The van der Waals surface area contributed by atoms with Crippen molar-refractivity contribution >= 4 is 0 Å². The molecule has 160 valence electrons. The monoisotopic (exact) mass is 393 g/mol. The molecular formula is C28H43N. The first kappa shape index (κ1) is 23.7. The van der Waals surface area contributed by atoms with Gasteiger partial charge in [-0.3, -0.25) is 4.90 Å². The molecular weight excluding hydrogens is 350 g/mol. The van der Waals surface area contributed by atoms with Gasteiger partial charge in [-0.05, 0) is 37.9 Å². The lowest BCUT2D eigenvalue weighted by Crippen LogP contribution is -2.24. The van der Waals surface area contributed by atoms with Crippen molar-refractivity contribution in [3.63, 3.8) is 0 Å². The molecule has 1 heteroatoms. The minimum Gasteiger partial charge on any atom is -0.295 e. The summed E-state index contributed by atoms with van der Waals surface area (Å²) in [6.45, 7) is 9.91. The third-order valence-corrected chi connectivity index (χ3v) is 5.88. The van der Waals surface area contributed by atoms with E-state index < -0.39 is 0 Å². The molecule has 0 saturated carbocycles. The smallest absolute Gasteiger partial charge is 0.0237 e. The van der Waals surface area contributed by atoms with Gasteiger partial charge < -0.3 is 0 Å². The molecule has 0 spiro atoms. The van der Waals surface area contributed by atoms with Gasteiger partial charge in [-0.25, -0.2) is 0 Å². The molecule has 2 aromatic rings. The molecule has 0 aliphatic heterocycles. The molecule has 0 atom stereocenters. The molecule has 0 fully saturated rings. The number of rotatable bonds is 15. The molecule has 0 aliphatic carbocycles. The maximum absolute atomic E-state index is 2.63. The second kappa shape index (κ2) is 14.4. The maximum Gasteiger partial charge on any atom is 0.0237 e. The van der Waals surface area contributed by atoms with Crippen molar-refractivity contribution in [1.29, 1.82) is 0 Å². The molecule has 2 aromatic carbocycles. The molecule has 0 amide bonds. The molecule has 29 heavy (non-hydrogen) atoms. The SMILES string of the molecule is CCCCCCCCCCCCN(Cc1ccc(C)cc1)Cc1ccc(C)cc1. The van der Waals surface area contributed by atoms with E-state index in [0.717, 1.165) is 13.1 Å². The predicted octanol–water partition coefficient (Wildman–Crippen LogP) is 8.23. The highest BCUT2D eigenvalue weighted by atomic mass is 15.1. The van der Waals surface area contributed by atoms with Gasteiger partial charge in [-0.15, -0.1) is 0 Å². The van der Waals surface area contributed by atoms with Crippen LogP contribution in [0.3, 0.4) is 0 Å². The summed E-state index contributed by atoms with van der Waals surface area (Å²) in [6.07, 6.45) is 14.0. The van der Waals surface area contributed by atoms with Crippen molar-refractivity contribution in [3.05, 3.63) is 70.8 Å². The highest BCUT2D eigenvalue weighted by Gasteiger charge is 2.07. The van der Waals surface area contributed by atoms with Crippen LogP contribution in [-0.2, 0) is 13.1 Å². The van der Waals surface area contributed by atoms with Crippen LogP contribution in [0.5, 0.6) is 0 Å². The molecule has 0 saturated heterocycles. The van der Waals surface area contributed by atoms with Crippen LogP contribution in [0.2, 0.25) is 0 Å². The van der Waals surface area contributed by atoms with E-state index in [1.165, 1.54) is 93.0 Å². The summed E-state index contributed by atoms with van der Waals surface area (Å²) in [5.74, 6) is 0. The van der Waals surface area contributed by atoms with E-state index in [1.54, 1.807) is 0 Å². The third kappa shape index (κ3) is 10.7. The van der Waals surface area contributed by atoms with Gasteiger partial charge in [0.2, 0.25) is 0 Å². The fraction of sp³-hybridized carbons (Fsp3) is 0.571. The van der Waals surface area contributed by atoms with E-state index in [0.29, 0.717) is 0 Å². The lowest BCUT2D eigenvalue weighted by Gasteiger charge is -2.23. The zero-order valence-electron chi connectivity index (χ0n) is 19.3. The van der Waals surface area contributed by atoms with Crippen molar-refractivity contribution in [1.82, 2.24) is 4.90 Å². The molecule has 0 aromatic heterocycles. The summed E-state index contributed by atoms with van der Waals surface area (Å²) < 4.78 is 0. The highest BCUT2D eigenvalue weighted by molar-refractivity contribution is 5.23. The lowest BCUT2D eigenvalue weighted by atomic mass is 10.1. The zero-order valence-corrected chi connectivity index (χ0v) is 19.3. The van der Waals surface area contributed by atoms with Crippen molar-refractivity contribution in [2.24, 2.45) is 0 Å².